The van der Waals surface area contributed by atoms with Crippen LogP contribution in [0.3, 0.4) is 0 Å². The first kappa shape index (κ1) is 18.8. The summed E-state index contributed by atoms with van der Waals surface area (Å²) >= 11 is 1.54. The number of hydrogen-bond acceptors (Lipinski definition) is 6. The number of pyridine rings is 1. The molecule has 4 rings (SSSR count). The Kier molecular flexibility index (Phi) is 5.50. The third-order valence-electron chi connectivity index (χ3n) is 5.19. The van der Waals surface area contributed by atoms with Crippen LogP contribution in [0.2, 0.25) is 0 Å². The van der Waals surface area contributed by atoms with E-state index in [-0.39, 0.29) is 5.91 Å². The molecule has 1 N–H and O–H groups in total. The third-order valence-corrected chi connectivity index (χ3v) is 6.09. The highest BCUT2D eigenvalue weighted by Crippen LogP contribution is 2.25. The quantitative estimate of drug-likeness (QED) is 0.712. The van der Waals surface area contributed by atoms with E-state index in [9.17, 15) is 4.79 Å². The van der Waals surface area contributed by atoms with Crippen molar-refractivity contribution in [3.05, 3.63) is 52.9 Å². The van der Waals surface area contributed by atoms with Crippen LogP contribution in [0.1, 0.15) is 47.1 Å². The van der Waals surface area contributed by atoms with Crippen molar-refractivity contribution in [2.75, 3.05) is 11.9 Å². The first-order valence-electron chi connectivity index (χ1n) is 9.58. The van der Waals surface area contributed by atoms with Gasteiger partial charge in [-0.05, 0) is 45.4 Å². The lowest BCUT2D eigenvalue weighted by Crippen LogP contribution is -2.36. The SMILES string of the molecule is Cc1c(C(=O)Nc2ncc(CN3CCCCC3C)s2)cnn1-c1ccccn1. The van der Waals surface area contributed by atoms with Gasteiger partial charge in [0.1, 0.15) is 0 Å². The molecule has 146 valence electrons. The summed E-state index contributed by atoms with van der Waals surface area (Å²) in [5.41, 5.74) is 1.27. The molecule has 3 aromatic heterocycles. The molecule has 4 heterocycles. The fraction of sp³-hybridized carbons (Fsp3) is 0.400. The maximum atomic E-state index is 12.7. The van der Waals surface area contributed by atoms with E-state index in [1.54, 1.807) is 17.1 Å². The predicted octanol–water partition coefficient (Wildman–Crippen LogP) is 3.66. The Hall–Kier alpha value is -2.58. The van der Waals surface area contributed by atoms with Gasteiger partial charge >= 0.3 is 0 Å². The number of carbonyl (C=O) groups is 1. The first-order chi connectivity index (χ1) is 13.6. The van der Waals surface area contributed by atoms with Crippen LogP contribution in [-0.4, -0.2) is 43.1 Å². The van der Waals surface area contributed by atoms with Gasteiger partial charge in [-0.15, -0.1) is 11.3 Å². The van der Waals surface area contributed by atoms with Crippen LogP contribution in [0.5, 0.6) is 0 Å². The summed E-state index contributed by atoms with van der Waals surface area (Å²) in [5.74, 6) is 0.484. The van der Waals surface area contributed by atoms with Crippen LogP contribution < -0.4 is 5.32 Å². The van der Waals surface area contributed by atoms with Crippen molar-refractivity contribution in [3.8, 4) is 5.82 Å². The molecule has 1 atom stereocenters. The van der Waals surface area contributed by atoms with Crippen molar-refractivity contribution < 1.29 is 4.79 Å². The molecule has 1 amide bonds. The number of nitrogens with one attached hydrogen (secondary N) is 1. The number of piperidine rings is 1. The number of rotatable bonds is 5. The molecule has 0 spiro atoms. The van der Waals surface area contributed by atoms with Crippen LogP contribution >= 0.6 is 11.3 Å². The average Bonchev–Trinajstić information content (AvgIpc) is 3.30. The summed E-state index contributed by atoms with van der Waals surface area (Å²) in [5, 5.41) is 7.84. The van der Waals surface area contributed by atoms with E-state index in [0.29, 0.717) is 22.6 Å². The van der Waals surface area contributed by atoms with Gasteiger partial charge in [0.05, 0.1) is 17.5 Å². The number of likely N-dealkylation sites (tertiary alicyclic amines) is 1. The lowest BCUT2D eigenvalue weighted by atomic mass is 10.0. The molecule has 3 aromatic rings. The van der Waals surface area contributed by atoms with Crippen LogP contribution in [-0.2, 0) is 6.54 Å². The van der Waals surface area contributed by atoms with Crippen molar-refractivity contribution >= 4 is 22.4 Å². The van der Waals surface area contributed by atoms with Crippen molar-refractivity contribution in [1.29, 1.82) is 0 Å². The monoisotopic (exact) mass is 396 g/mol. The molecule has 1 saturated heterocycles. The van der Waals surface area contributed by atoms with E-state index in [4.69, 9.17) is 0 Å². The number of nitrogens with zero attached hydrogens (tertiary/aromatic N) is 5. The molecular weight excluding hydrogens is 372 g/mol. The van der Waals surface area contributed by atoms with E-state index < -0.39 is 0 Å². The number of anilines is 1. The van der Waals surface area contributed by atoms with Gasteiger partial charge in [0.15, 0.2) is 10.9 Å². The van der Waals surface area contributed by atoms with E-state index in [2.05, 4.69) is 32.2 Å². The smallest absolute Gasteiger partial charge is 0.260 e. The maximum absolute atomic E-state index is 12.7. The molecular formula is C20H24N6OS. The van der Waals surface area contributed by atoms with Crippen LogP contribution in [0, 0.1) is 6.92 Å². The fourth-order valence-electron chi connectivity index (χ4n) is 3.54. The van der Waals surface area contributed by atoms with Gasteiger partial charge < -0.3 is 0 Å². The van der Waals surface area contributed by atoms with Gasteiger partial charge in [-0.1, -0.05) is 12.5 Å². The van der Waals surface area contributed by atoms with E-state index in [1.165, 1.54) is 35.5 Å². The first-order valence-corrected chi connectivity index (χ1v) is 10.4. The molecule has 28 heavy (non-hydrogen) atoms. The molecule has 0 radical (unpaired) electrons. The molecule has 0 aromatic carbocycles. The zero-order valence-corrected chi connectivity index (χ0v) is 16.9. The molecule has 0 saturated carbocycles. The Morgan fingerprint density at radius 3 is 2.96 bits per heavy atom. The second kappa shape index (κ2) is 8.20. The lowest BCUT2D eigenvalue weighted by Gasteiger charge is -2.32. The van der Waals surface area contributed by atoms with Crippen molar-refractivity contribution in [1.82, 2.24) is 24.6 Å². The Balaban J connectivity index is 1.43. The second-order valence-corrected chi connectivity index (χ2v) is 8.26. The summed E-state index contributed by atoms with van der Waals surface area (Å²) in [4.78, 5) is 25.0. The standard InChI is InChI=1S/C20H24N6OS/c1-14-7-4-6-10-25(14)13-16-11-22-20(28-16)24-19(27)17-12-23-26(15(17)2)18-8-3-5-9-21-18/h3,5,8-9,11-12,14H,4,6-7,10,13H2,1-2H3,(H,22,24,27). The molecule has 8 heteroatoms. The second-order valence-electron chi connectivity index (χ2n) is 7.14. The number of hydrogen-bond donors (Lipinski definition) is 1. The Labute approximate surface area is 168 Å². The van der Waals surface area contributed by atoms with Crippen LogP contribution in [0.15, 0.2) is 36.8 Å². The summed E-state index contributed by atoms with van der Waals surface area (Å²) in [6, 6.07) is 6.20. The van der Waals surface area contributed by atoms with Gasteiger partial charge in [-0.3, -0.25) is 15.0 Å². The fourth-order valence-corrected chi connectivity index (χ4v) is 4.37. The van der Waals surface area contributed by atoms with Gasteiger partial charge in [0, 0.05) is 29.9 Å². The normalized spacial score (nSPS) is 17.6. The molecule has 0 aliphatic carbocycles. The lowest BCUT2D eigenvalue weighted by molar-refractivity contribution is 0.102. The zero-order valence-electron chi connectivity index (χ0n) is 16.1. The maximum Gasteiger partial charge on any atom is 0.260 e. The van der Waals surface area contributed by atoms with Crippen molar-refractivity contribution in [2.24, 2.45) is 0 Å². The van der Waals surface area contributed by atoms with Gasteiger partial charge in [0.2, 0.25) is 0 Å². The average molecular weight is 397 g/mol. The minimum absolute atomic E-state index is 0.202. The van der Waals surface area contributed by atoms with Crippen LogP contribution in [0.4, 0.5) is 5.13 Å². The molecule has 1 aliphatic rings. The third kappa shape index (κ3) is 3.98. The topological polar surface area (TPSA) is 75.9 Å². The van der Waals surface area contributed by atoms with Crippen LogP contribution in [0.25, 0.3) is 5.82 Å². The minimum Gasteiger partial charge on any atom is -0.298 e. The summed E-state index contributed by atoms with van der Waals surface area (Å²) in [7, 11) is 0. The Morgan fingerprint density at radius 1 is 1.29 bits per heavy atom. The molecule has 1 unspecified atom stereocenters. The number of carbonyl (C=O) groups excluding carboxylic acids is 1. The number of aromatic nitrogens is 4. The molecule has 0 bridgehead atoms. The molecule has 7 nitrogen and oxygen atoms in total. The zero-order chi connectivity index (χ0) is 19.5. The van der Waals surface area contributed by atoms with E-state index >= 15 is 0 Å². The minimum atomic E-state index is -0.202. The van der Waals surface area contributed by atoms with Gasteiger partial charge in [0.25, 0.3) is 5.91 Å². The van der Waals surface area contributed by atoms with Crippen molar-refractivity contribution in [3.63, 3.8) is 0 Å². The highest BCUT2D eigenvalue weighted by Gasteiger charge is 2.20. The Morgan fingerprint density at radius 2 is 2.18 bits per heavy atom. The highest BCUT2D eigenvalue weighted by molar-refractivity contribution is 7.15. The van der Waals surface area contributed by atoms with Crippen molar-refractivity contribution in [2.45, 2.75) is 45.7 Å². The molecule has 1 fully saturated rings. The van der Waals surface area contributed by atoms with E-state index in [1.807, 2.05) is 31.3 Å². The predicted molar refractivity (Wildman–Crippen MR) is 110 cm³/mol. The number of amides is 1. The highest BCUT2D eigenvalue weighted by atomic mass is 32.1. The largest absolute Gasteiger partial charge is 0.298 e. The number of thiazole rings is 1. The Bertz CT molecular complexity index is 951. The van der Waals surface area contributed by atoms with E-state index in [0.717, 1.165) is 18.8 Å². The summed E-state index contributed by atoms with van der Waals surface area (Å²) in [6.07, 6.45) is 8.97. The van der Waals surface area contributed by atoms with Gasteiger partial charge in [-0.25, -0.2) is 14.6 Å². The summed E-state index contributed by atoms with van der Waals surface area (Å²) < 4.78 is 1.67. The molecule has 1 aliphatic heterocycles. The van der Waals surface area contributed by atoms with Gasteiger partial charge in [-0.2, -0.15) is 5.10 Å². The summed E-state index contributed by atoms with van der Waals surface area (Å²) in [6.45, 7) is 6.17.